The van der Waals surface area contributed by atoms with Gasteiger partial charge in [0.05, 0.1) is 23.7 Å². The molecule has 0 amide bonds. The van der Waals surface area contributed by atoms with Crippen molar-refractivity contribution < 1.29 is 36.8 Å². The molecule has 0 aromatic heterocycles. The van der Waals surface area contributed by atoms with Crippen molar-refractivity contribution >= 4 is 22.1 Å². The molecule has 0 aliphatic heterocycles. The monoisotopic (exact) mass is 654 g/mol. The molecule has 0 heterocycles. The molecule has 9 heteroatoms. The molecule has 46 heavy (non-hydrogen) atoms. The molecular formula is C37H50O8S. The van der Waals surface area contributed by atoms with Crippen molar-refractivity contribution in [3.63, 3.8) is 0 Å². The lowest BCUT2D eigenvalue weighted by molar-refractivity contribution is -0.139. The van der Waals surface area contributed by atoms with Gasteiger partial charge in [-0.1, -0.05) is 88.1 Å². The summed E-state index contributed by atoms with van der Waals surface area (Å²) in [4.78, 5) is 24.8. The second-order valence-electron chi connectivity index (χ2n) is 13.0. The number of unbranched alkanes of at least 4 members (excludes halogenated alkanes) is 1. The maximum atomic E-state index is 13.5. The summed E-state index contributed by atoms with van der Waals surface area (Å²) in [5, 5.41) is 9.79. The van der Waals surface area contributed by atoms with Crippen LogP contribution in [-0.2, 0) is 28.6 Å². The van der Waals surface area contributed by atoms with Gasteiger partial charge < -0.3 is 14.6 Å². The minimum atomic E-state index is -4.07. The second kappa shape index (κ2) is 17.5. The van der Waals surface area contributed by atoms with Gasteiger partial charge in [0.15, 0.2) is 0 Å². The van der Waals surface area contributed by atoms with Gasteiger partial charge in [-0.25, -0.2) is 9.59 Å². The van der Waals surface area contributed by atoms with Crippen LogP contribution >= 0.6 is 0 Å². The fraction of sp³-hybridized carbons (Fsp3) is 0.514. The number of esters is 2. The van der Waals surface area contributed by atoms with Gasteiger partial charge >= 0.3 is 11.9 Å². The maximum Gasteiger partial charge on any atom is 0.373 e. The van der Waals surface area contributed by atoms with E-state index in [-0.39, 0.29) is 28.6 Å². The molecule has 8 nitrogen and oxygen atoms in total. The van der Waals surface area contributed by atoms with E-state index in [0.29, 0.717) is 18.4 Å². The molecule has 252 valence electrons. The van der Waals surface area contributed by atoms with Crippen LogP contribution in [0.3, 0.4) is 0 Å². The highest BCUT2D eigenvalue weighted by Gasteiger charge is 2.47. The number of hydrogen-bond donors (Lipinski definition) is 1. The zero-order chi connectivity index (χ0) is 33.7. The number of rotatable bonds is 17. The Bertz CT molecular complexity index is 1430. The lowest BCUT2D eigenvalue weighted by atomic mass is 9.79. The quantitative estimate of drug-likeness (QED) is 0.0596. The summed E-state index contributed by atoms with van der Waals surface area (Å²) in [5.41, 5.74) is 1.53. The van der Waals surface area contributed by atoms with Crippen LogP contribution in [0.2, 0.25) is 0 Å². The summed E-state index contributed by atoms with van der Waals surface area (Å²) in [6, 6.07) is 15.4. The number of aliphatic hydroxyl groups excluding tert-OH is 1. The average Bonchev–Trinajstić information content (AvgIpc) is 3.33. The van der Waals surface area contributed by atoms with Crippen LogP contribution in [-0.4, -0.2) is 44.8 Å². The highest BCUT2D eigenvalue weighted by molar-refractivity contribution is 7.86. The smallest absolute Gasteiger partial charge is 0.373 e. The van der Waals surface area contributed by atoms with Crippen LogP contribution in [0.15, 0.2) is 83.5 Å². The van der Waals surface area contributed by atoms with Crippen LogP contribution < -0.4 is 0 Å². The zero-order valence-corrected chi connectivity index (χ0v) is 28.6. The Morgan fingerprint density at radius 2 is 1.61 bits per heavy atom. The van der Waals surface area contributed by atoms with E-state index in [4.69, 9.17) is 8.92 Å². The van der Waals surface area contributed by atoms with Gasteiger partial charge in [-0.15, -0.1) is 0 Å². The summed E-state index contributed by atoms with van der Waals surface area (Å²) in [6.07, 6.45) is 10.8. The Labute approximate surface area is 275 Å². The number of benzene rings is 2. The molecule has 1 saturated carbocycles. The highest BCUT2D eigenvalue weighted by Crippen LogP contribution is 2.44. The number of carbonyl (C=O) groups is 2. The van der Waals surface area contributed by atoms with E-state index >= 15 is 0 Å². The van der Waals surface area contributed by atoms with Crippen molar-refractivity contribution in [2.24, 2.45) is 17.3 Å². The number of aryl methyl sites for hydroxylation is 1. The van der Waals surface area contributed by atoms with E-state index in [1.807, 2.05) is 19.1 Å². The van der Waals surface area contributed by atoms with Gasteiger partial charge in [-0.2, -0.15) is 8.42 Å². The SMILES string of the molecule is CCCCC(C)(C)CCC[C@@H]1[C@@H](CC/C=C\C=C(O)C(=O)OC)[C@@H](OC(=O)c2ccccc2)C[C@@H]1OS(=O)(=O)c1ccc(C)cc1. The fourth-order valence-electron chi connectivity index (χ4n) is 6.19. The van der Waals surface area contributed by atoms with Crippen molar-refractivity contribution in [3.8, 4) is 0 Å². The number of carbonyl (C=O) groups excluding carboxylic acids is 2. The summed E-state index contributed by atoms with van der Waals surface area (Å²) in [7, 11) is -2.88. The van der Waals surface area contributed by atoms with Crippen LogP contribution in [0.1, 0.15) is 94.5 Å². The van der Waals surface area contributed by atoms with E-state index in [0.717, 1.165) is 44.1 Å². The lowest BCUT2D eigenvalue weighted by Gasteiger charge is -2.29. The summed E-state index contributed by atoms with van der Waals surface area (Å²) < 4.78 is 43.6. The first kappa shape index (κ1) is 37.0. The number of aliphatic hydroxyl groups is 1. The van der Waals surface area contributed by atoms with Crippen LogP contribution in [0, 0.1) is 24.2 Å². The first-order valence-electron chi connectivity index (χ1n) is 16.3. The second-order valence-corrected chi connectivity index (χ2v) is 14.6. The molecule has 0 bridgehead atoms. The van der Waals surface area contributed by atoms with Gasteiger partial charge in [-0.05, 0) is 80.7 Å². The third-order valence-electron chi connectivity index (χ3n) is 8.85. The maximum absolute atomic E-state index is 13.5. The Morgan fingerprint density at radius 3 is 2.26 bits per heavy atom. The topological polar surface area (TPSA) is 116 Å². The van der Waals surface area contributed by atoms with E-state index in [2.05, 4.69) is 25.5 Å². The van der Waals surface area contributed by atoms with E-state index in [9.17, 15) is 23.1 Å². The Morgan fingerprint density at radius 1 is 0.957 bits per heavy atom. The zero-order valence-electron chi connectivity index (χ0n) is 27.8. The highest BCUT2D eigenvalue weighted by atomic mass is 32.2. The minimum Gasteiger partial charge on any atom is -0.502 e. The Kier molecular flexibility index (Phi) is 14.1. The first-order chi connectivity index (χ1) is 21.9. The van der Waals surface area contributed by atoms with Crippen molar-refractivity contribution in [1.29, 1.82) is 0 Å². The van der Waals surface area contributed by atoms with Crippen LogP contribution in [0.25, 0.3) is 0 Å². The third-order valence-corrected chi connectivity index (χ3v) is 10.2. The van der Waals surface area contributed by atoms with Crippen molar-refractivity contribution in [2.45, 2.75) is 103 Å². The molecule has 2 aromatic rings. The van der Waals surface area contributed by atoms with Crippen molar-refractivity contribution in [2.75, 3.05) is 7.11 Å². The molecule has 1 N–H and O–H groups in total. The third kappa shape index (κ3) is 11.1. The molecule has 3 rings (SSSR count). The first-order valence-corrected chi connectivity index (χ1v) is 17.7. The molecule has 4 atom stereocenters. The molecule has 0 saturated heterocycles. The standard InChI is InChI=1S/C37H50O8S/c1-6-7-24-37(3,4)25-14-18-31-30(17-12-9-13-19-32(38)36(40)43-5)33(44-35(39)28-15-10-8-11-16-28)26-34(31)45-46(41,42)29-22-20-27(2)21-23-29/h8-11,13,15-16,19-23,30-31,33-34,38H,6-7,12,14,17-18,24-26H2,1-5H3/b13-9-,32-19?/t30-,31-,33+,34+/m1/s1. The minimum absolute atomic E-state index is 0.0963. The van der Waals surface area contributed by atoms with Gasteiger partial charge in [0, 0.05) is 12.3 Å². The van der Waals surface area contributed by atoms with E-state index in [1.54, 1.807) is 54.6 Å². The van der Waals surface area contributed by atoms with E-state index in [1.165, 1.54) is 13.2 Å². The number of ether oxygens (including phenoxy) is 2. The van der Waals surface area contributed by atoms with Gasteiger partial charge in [0.1, 0.15) is 6.10 Å². The average molecular weight is 655 g/mol. The molecule has 1 aliphatic rings. The number of methoxy groups -OCH3 is 1. The molecule has 1 aliphatic carbocycles. The molecule has 2 aromatic carbocycles. The van der Waals surface area contributed by atoms with Crippen LogP contribution in [0.4, 0.5) is 0 Å². The predicted octanol–water partition coefficient (Wildman–Crippen LogP) is 8.27. The normalized spacial score (nSPS) is 20.6. The predicted molar refractivity (Wildman–Crippen MR) is 179 cm³/mol. The largest absolute Gasteiger partial charge is 0.502 e. The van der Waals surface area contributed by atoms with Crippen LogP contribution in [0.5, 0.6) is 0 Å². The number of allylic oxidation sites excluding steroid dienone is 3. The summed E-state index contributed by atoms with van der Waals surface area (Å²) >= 11 is 0. The summed E-state index contributed by atoms with van der Waals surface area (Å²) in [6.45, 7) is 8.63. The lowest BCUT2D eigenvalue weighted by Crippen LogP contribution is -2.28. The van der Waals surface area contributed by atoms with Crippen molar-refractivity contribution in [1.82, 2.24) is 0 Å². The molecule has 0 radical (unpaired) electrons. The van der Waals surface area contributed by atoms with Gasteiger partial charge in [-0.3, -0.25) is 4.18 Å². The van der Waals surface area contributed by atoms with Crippen molar-refractivity contribution in [3.05, 3.63) is 89.7 Å². The van der Waals surface area contributed by atoms with E-state index < -0.39 is 40.0 Å². The fourth-order valence-corrected chi connectivity index (χ4v) is 7.32. The number of hydrogen-bond acceptors (Lipinski definition) is 8. The van der Waals surface area contributed by atoms with Gasteiger partial charge in [0.25, 0.3) is 10.1 Å². The Hall–Kier alpha value is -3.43. The molecule has 0 spiro atoms. The van der Waals surface area contributed by atoms with Gasteiger partial charge in [0.2, 0.25) is 5.76 Å². The Balaban J connectivity index is 1.89. The summed E-state index contributed by atoms with van der Waals surface area (Å²) in [5.74, 6) is -2.15. The molecule has 1 fully saturated rings. The molecule has 0 unspecified atom stereocenters. The molecular weight excluding hydrogens is 604 g/mol.